The average Bonchev–Trinajstić information content (AvgIpc) is 3.47. The van der Waals surface area contributed by atoms with Crippen LogP contribution in [0.3, 0.4) is 0 Å². The molecule has 1 aliphatic carbocycles. The van der Waals surface area contributed by atoms with Gasteiger partial charge in [-0.1, -0.05) is 18.2 Å². The number of nitrogens with zero attached hydrogens (tertiary/aromatic N) is 3. The van der Waals surface area contributed by atoms with Gasteiger partial charge in [0.05, 0.1) is 0 Å². The standard InChI is InChI=1S/C26H23FN6O2/c27-21-8-1-2-9-23(21)33-22-10-4-7-20(22)24(32-33)25(34)30-18-5-3-6-19(15-18)31-26(35)29-16-17-11-13-28-14-12-17/h1-3,5-6,8-9,11-15H,4,7,10,16H2,(H,30,34)(H2,29,31,35). The second kappa shape index (κ2) is 9.76. The van der Waals surface area contributed by atoms with Crippen molar-refractivity contribution in [3.63, 3.8) is 0 Å². The van der Waals surface area contributed by atoms with Crippen molar-refractivity contribution in [3.05, 3.63) is 101 Å². The molecule has 176 valence electrons. The largest absolute Gasteiger partial charge is 0.334 e. The number of rotatable bonds is 6. The van der Waals surface area contributed by atoms with Crippen molar-refractivity contribution in [1.29, 1.82) is 0 Å². The number of carbonyl (C=O) groups is 2. The number of amides is 3. The smallest absolute Gasteiger partial charge is 0.319 e. The third-order valence-electron chi connectivity index (χ3n) is 5.81. The van der Waals surface area contributed by atoms with Crippen LogP contribution in [0.15, 0.2) is 73.1 Å². The zero-order valence-corrected chi connectivity index (χ0v) is 18.8. The summed E-state index contributed by atoms with van der Waals surface area (Å²) in [5, 5.41) is 12.9. The molecular weight excluding hydrogens is 447 g/mol. The Morgan fingerprint density at radius 1 is 0.943 bits per heavy atom. The Morgan fingerprint density at radius 3 is 2.51 bits per heavy atom. The van der Waals surface area contributed by atoms with E-state index in [1.54, 1.807) is 54.9 Å². The van der Waals surface area contributed by atoms with E-state index >= 15 is 0 Å². The Balaban J connectivity index is 1.29. The van der Waals surface area contributed by atoms with Crippen molar-refractivity contribution in [2.75, 3.05) is 10.6 Å². The lowest BCUT2D eigenvalue weighted by Gasteiger charge is -2.10. The SMILES string of the molecule is O=C(NCc1ccncc1)Nc1cccc(NC(=O)c2nn(-c3ccccc3F)c3c2CCC3)c1. The van der Waals surface area contributed by atoms with E-state index in [2.05, 4.69) is 26.0 Å². The fourth-order valence-corrected chi connectivity index (χ4v) is 4.17. The molecule has 0 bridgehead atoms. The number of urea groups is 1. The minimum atomic E-state index is -0.391. The zero-order chi connectivity index (χ0) is 24.2. The van der Waals surface area contributed by atoms with Gasteiger partial charge < -0.3 is 16.0 Å². The van der Waals surface area contributed by atoms with Crippen LogP contribution in [-0.2, 0) is 19.4 Å². The van der Waals surface area contributed by atoms with Crippen LogP contribution in [-0.4, -0.2) is 26.7 Å². The highest BCUT2D eigenvalue weighted by molar-refractivity contribution is 6.04. The van der Waals surface area contributed by atoms with Crippen molar-refractivity contribution in [1.82, 2.24) is 20.1 Å². The number of para-hydroxylation sites is 1. The van der Waals surface area contributed by atoms with Crippen molar-refractivity contribution >= 4 is 23.3 Å². The number of aromatic nitrogens is 3. The molecule has 2 heterocycles. The summed E-state index contributed by atoms with van der Waals surface area (Å²) in [6.45, 7) is 0.362. The van der Waals surface area contributed by atoms with E-state index < -0.39 is 5.82 Å². The fraction of sp³-hybridized carbons (Fsp3) is 0.154. The molecule has 4 aromatic rings. The van der Waals surface area contributed by atoms with E-state index in [0.29, 0.717) is 30.0 Å². The predicted octanol–water partition coefficient (Wildman–Crippen LogP) is 4.47. The molecule has 3 amide bonds. The molecule has 0 unspecified atom stereocenters. The monoisotopic (exact) mass is 470 g/mol. The van der Waals surface area contributed by atoms with E-state index in [1.807, 2.05) is 12.1 Å². The molecule has 0 radical (unpaired) electrons. The number of pyridine rings is 1. The lowest BCUT2D eigenvalue weighted by Crippen LogP contribution is -2.28. The average molecular weight is 471 g/mol. The van der Waals surface area contributed by atoms with Gasteiger partial charge in [0, 0.05) is 41.6 Å². The maximum atomic E-state index is 14.4. The topological polar surface area (TPSA) is 101 Å². The van der Waals surface area contributed by atoms with Crippen molar-refractivity contribution in [3.8, 4) is 5.69 Å². The molecule has 0 spiro atoms. The van der Waals surface area contributed by atoms with Crippen molar-refractivity contribution in [2.45, 2.75) is 25.8 Å². The number of anilines is 2. The Hall–Kier alpha value is -4.53. The quantitative estimate of drug-likeness (QED) is 0.387. The molecule has 3 N–H and O–H groups in total. The minimum absolute atomic E-state index is 0.286. The molecule has 9 heteroatoms. The van der Waals surface area contributed by atoms with E-state index in [4.69, 9.17) is 0 Å². The third-order valence-corrected chi connectivity index (χ3v) is 5.81. The van der Waals surface area contributed by atoms with Crippen LogP contribution in [0.5, 0.6) is 0 Å². The first kappa shape index (κ1) is 22.3. The Bertz CT molecular complexity index is 1390. The summed E-state index contributed by atoms with van der Waals surface area (Å²) in [5.41, 5.74) is 4.28. The summed E-state index contributed by atoms with van der Waals surface area (Å²) in [6.07, 6.45) is 5.66. The van der Waals surface area contributed by atoms with Crippen LogP contribution in [0, 0.1) is 5.82 Å². The van der Waals surface area contributed by atoms with E-state index in [-0.39, 0.29) is 17.6 Å². The highest BCUT2D eigenvalue weighted by atomic mass is 19.1. The second-order valence-corrected chi connectivity index (χ2v) is 8.19. The number of halogens is 1. The molecule has 35 heavy (non-hydrogen) atoms. The van der Waals surface area contributed by atoms with Gasteiger partial charge in [-0.15, -0.1) is 0 Å². The number of hydrogen-bond acceptors (Lipinski definition) is 4. The lowest BCUT2D eigenvalue weighted by atomic mass is 10.2. The van der Waals surface area contributed by atoms with Gasteiger partial charge in [0.1, 0.15) is 11.5 Å². The van der Waals surface area contributed by atoms with Gasteiger partial charge >= 0.3 is 6.03 Å². The molecule has 0 fully saturated rings. The van der Waals surface area contributed by atoms with Gasteiger partial charge in [0.15, 0.2) is 5.69 Å². The van der Waals surface area contributed by atoms with Crippen molar-refractivity contribution < 1.29 is 14.0 Å². The predicted molar refractivity (Wildman–Crippen MR) is 130 cm³/mol. The molecule has 2 aromatic heterocycles. The zero-order valence-electron chi connectivity index (χ0n) is 18.8. The number of fused-ring (bicyclic) bond motifs is 1. The molecule has 1 aliphatic rings. The molecule has 0 aliphatic heterocycles. The van der Waals surface area contributed by atoms with Gasteiger partial charge in [-0.25, -0.2) is 13.9 Å². The second-order valence-electron chi connectivity index (χ2n) is 8.19. The number of hydrogen-bond donors (Lipinski definition) is 3. The molecule has 8 nitrogen and oxygen atoms in total. The maximum Gasteiger partial charge on any atom is 0.319 e. The highest BCUT2D eigenvalue weighted by Crippen LogP contribution is 2.29. The summed E-state index contributed by atoms with van der Waals surface area (Å²) < 4.78 is 15.9. The summed E-state index contributed by atoms with van der Waals surface area (Å²) >= 11 is 0. The molecular formula is C26H23FN6O2. The maximum absolute atomic E-state index is 14.4. The summed E-state index contributed by atoms with van der Waals surface area (Å²) in [7, 11) is 0. The first-order chi connectivity index (χ1) is 17.1. The molecule has 0 saturated carbocycles. The van der Waals surface area contributed by atoms with E-state index in [1.165, 1.54) is 10.7 Å². The molecule has 0 atom stereocenters. The van der Waals surface area contributed by atoms with Crippen LogP contribution in [0.4, 0.5) is 20.6 Å². The number of carbonyl (C=O) groups excluding carboxylic acids is 2. The van der Waals surface area contributed by atoms with Crippen LogP contribution >= 0.6 is 0 Å². The van der Waals surface area contributed by atoms with Gasteiger partial charge in [-0.3, -0.25) is 9.78 Å². The number of nitrogens with one attached hydrogen (secondary N) is 3. The number of benzene rings is 2. The first-order valence-corrected chi connectivity index (χ1v) is 11.3. The van der Waals surface area contributed by atoms with Gasteiger partial charge in [-0.2, -0.15) is 5.10 Å². The Labute approximate surface area is 201 Å². The summed E-state index contributed by atoms with van der Waals surface area (Å²) in [6, 6.07) is 16.5. The minimum Gasteiger partial charge on any atom is -0.334 e. The summed E-state index contributed by atoms with van der Waals surface area (Å²) in [4.78, 5) is 29.3. The summed E-state index contributed by atoms with van der Waals surface area (Å²) in [5.74, 6) is -0.768. The molecule has 5 rings (SSSR count). The van der Waals surface area contributed by atoms with Crippen LogP contribution < -0.4 is 16.0 Å². The van der Waals surface area contributed by atoms with Crippen LogP contribution in [0.1, 0.15) is 33.7 Å². The van der Waals surface area contributed by atoms with Crippen LogP contribution in [0.25, 0.3) is 5.69 Å². The Morgan fingerprint density at radius 2 is 1.71 bits per heavy atom. The molecule has 0 saturated heterocycles. The van der Waals surface area contributed by atoms with E-state index in [9.17, 15) is 14.0 Å². The Kier molecular flexibility index (Phi) is 6.21. The van der Waals surface area contributed by atoms with Crippen LogP contribution in [0.2, 0.25) is 0 Å². The molecule has 2 aromatic carbocycles. The van der Waals surface area contributed by atoms with Gasteiger partial charge in [0.2, 0.25) is 0 Å². The normalized spacial score (nSPS) is 12.1. The van der Waals surface area contributed by atoms with Gasteiger partial charge in [0.25, 0.3) is 5.91 Å². The third kappa shape index (κ3) is 4.89. The lowest BCUT2D eigenvalue weighted by molar-refractivity contribution is 0.102. The van der Waals surface area contributed by atoms with Gasteiger partial charge in [-0.05, 0) is 67.3 Å². The first-order valence-electron chi connectivity index (χ1n) is 11.3. The van der Waals surface area contributed by atoms with Crippen molar-refractivity contribution in [2.24, 2.45) is 0 Å². The fourth-order valence-electron chi connectivity index (χ4n) is 4.17. The van der Waals surface area contributed by atoms with E-state index in [0.717, 1.165) is 29.7 Å². The highest BCUT2D eigenvalue weighted by Gasteiger charge is 2.27.